The Kier molecular flexibility index (Phi) is 17.8. The molecule has 0 spiro atoms. The third kappa shape index (κ3) is 16.9. The molecule has 1 aromatic heterocycles. The minimum Gasteiger partial charge on any atom is -0.480 e. The Morgan fingerprint density at radius 2 is 1.21 bits per heavy atom. The summed E-state index contributed by atoms with van der Waals surface area (Å²) in [4.78, 5) is 73.2. The van der Waals surface area contributed by atoms with E-state index >= 15 is 0 Å². The van der Waals surface area contributed by atoms with Crippen LogP contribution in [0.3, 0.4) is 0 Å². The highest BCUT2D eigenvalue weighted by Gasteiger charge is 2.27. The van der Waals surface area contributed by atoms with Gasteiger partial charge >= 0.3 is 23.9 Å². The van der Waals surface area contributed by atoms with E-state index in [9.17, 15) is 44.4 Å². The fourth-order valence-electron chi connectivity index (χ4n) is 6.09. The van der Waals surface area contributed by atoms with Gasteiger partial charge in [-0.15, -0.1) is 0 Å². The van der Waals surface area contributed by atoms with Crippen molar-refractivity contribution in [2.45, 2.75) is 25.3 Å². The van der Waals surface area contributed by atoms with Crippen LogP contribution in [0.5, 0.6) is 0 Å². The Morgan fingerprint density at radius 1 is 0.717 bits per heavy atom. The number of aromatic nitrogens is 1. The van der Waals surface area contributed by atoms with Crippen molar-refractivity contribution in [1.29, 1.82) is 0 Å². The Morgan fingerprint density at radius 3 is 1.74 bits per heavy atom. The third-order valence-corrected chi connectivity index (χ3v) is 9.06. The van der Waals surface area contributed by atoms with E-state index in [2.05, 4.69) is 10.3 Å². The van der Waals surface area contributed by atoms with E-state index in [1.807, 2.05) is 49.3 Å². The van der Waals surface area contributed by atoms with Crippen molar-refractivity contribution in [2.24, 2.45) is 0 Å². The lowest BCUT2D eigenvalue weighted by Gasteiger charge is -2.37. The largest absolute Gasteiger partial charge is 0.480 e. The van der Waals surface area contributed by atoms with Crippen LogP contribution in [0.4, 0.5) is 0 Å². The maximum absolute atomic E-state index is 12.3. The topological polar surface area (TPSA) is 207 Å². The number of pyridine rings is 1. The maximum Gasteiger partial charge on any atom is 0.317 e. The first-order valence-corrected chi connectivity index (χ1v) is 17.8. The van der Waals surface area contributed by atoms with Crippen molar-refractivity contribution in [3.8, 4) is 0 Å². The molecule has 1 aromatic carbocycles. The number of carbonyl (C=O) groups is 5. The van der Waals surface area contributed by atoms with Crippen LogP contribution in [-0.4, -0.2) is 190 Å². The Labute approximate surface area is 315 Å². The first-order chi connectivity index (χ1) is 25.2. The Bertz CT molecular complexity index is 1540. The first-order valence-electron chi connectivity index (χ1n) is 17.4. The number of thiocarbonyl (C=S) groups is 1. The molecule has 17 heteroatoms. The van der Waals surface area contributed by atoms with Gasteiger partial charge in [0, 0.05) is 88.8 Å². The Balaban J connectivity index is 1.74. The van der Waals surface area contributed by atoms with Crippen molar-refractivity contribution < 1.29 is 44.4 Å². The van der Waals surface area contributed by atoms with E-state index < -0.39 is 29.9 Å². The van der Waals surface area contributed by atoms with Gasteiger partial charge in [0.15, 0.2) is 0 Å². The summed E-state index contributed by atoms with van der Waals surface area (Å²) in [7, 11) is 3.86. The minimum atomic E-state index is -1.07. The van der Waals surface area contributed by atoms with Crippen molar-refractivity contribution >= 4 is 46.9 Å². The average molecular weight is 758 g/mol. The molecule has 1 unspecified atom stereocenters. The van der Waals surface area contributed by atoms with Crippen LogP contribution in [-0.2, 0) is 38.4 Å². The molecule has 0 aliphatic carbocycles. The zero-order valence-electron chi connectivity index (χ0n) is 30.4. The van der Waals surface area contributed by atoms with Crippen LogP contribution in [0.1, 0.15) is 27.2 Å². The van der Waals surface area contributed by atoms with E-state index in [1.165, 1.54) is 0 Å². The van der Waals surface area contributed by atoms with E-state index in [4.69, 9.17) is 12.2 Å². The molecule has 1 saturated heterocycles. The van der Waals surface area contributed by atoms with Gasteiger partial charge in [0.1, 0.15) is 5.69 Å². The molecule has 53 heavy (non-hydrogen) atoms. The smallest absolute Gasteiger partial charge is 0.317 e. The Hall–Kier alpha value is -4.39. The zero-order valence-corrected chi connectivity index (χ0v) is 31.2. The molecule has 1 aliphatic rings. The number of hydrogen-bond donors (Lipinski definition) is 5. The summed E-state index contributed by atoms with van der Waals surface area (Å²) in [5.74, 6) is -4.47. The molecule has 1 fully saturated rings. The van der Waals surface area contributed by atoms with Crippen LogP contribution < -0.4 is 5.32 Å². The highest BCUT2D eigenvalue weighted by molar-refractivity contribution is 7.80. The number of hydrogen-bond acceptors (Lipinski definition) is 12. The second kappa shape index (κ2) is 22.0. The molecule has 2 heterocycles. The number of likely N-dealkylation sites (N-methyl/N-ethyl adjacent to an activating group) is 1. The molecule has 1 atom stereocenters. The lowest BCUT2D eigenvalue weighted by Crippen LogP contribution is -2.53. The molecule has 0 saturated carbocycles. The summed E-state index contributed by atoms with van der Waals surface area (Å²) in [6.45, 7) is 1.55. The number of carboxylic acid groups (broad SMARTS) is 4. The fourth-order valence-corrected chi connectivity index (χ4v) is 6.42. The SMILES string of the molecule is CN(C)CCNC(=O)c1ccc(CC(=S)Cc2ccc(CC3CN(CC(=O)O)CCN(CC(=O)O)CCN(CC(=O)O)CCN3CC(=O)O)cc2)cn1. The lowest BCUT2D eigenvalue weighted by atomic mass is 9.99. The number of carboxylic acids is 4. The summed E-state index contributed by atoms with van der Waals surface area (Å²) in [6.07, 6.45) is 3.06. The average Bonchev–Trinajstić information content (AvgIpc) is 3.06. The predicted molar refractivity (Wildman–Crippen MR) is 201 cm³/mol. The normalized spacial score (nSPS) is 17.1. The molecule has 0 bridgehead atoms. The van der Waals surface area contributed by atoms with E-state index in [0.717, 1.165) is 28.1 Å². The third-order valence-electron chi connectivity index (χ3n) is 8.77. The highest BCUT2D eigenvalue weighted by Crippen LogP contribution is 2.16. The molecular formula is C36H51N7O9S. The van der Waals surface area contributed by atoms with E-state index in [1.54, 1.807) is 31.9 Å². The van der Waals surface area contributed by atoms with Crippen LogP contribution in [0.25, 0.3) is 0 Å². The van der Waals surface area contributed by atoms with Crippen LogP contribution in [0, 0.1) is 0 Å². The molecule has 16 nitrogen and oxygen atoms in total. The van der Waals surface area contributed by atoms with Gasteiger partial charge in [0.05, 0.1) is 26.2 Å². The van der Waals surface area contributed by atoms with E-state index in [-0.39, 0.29) is 77.9 Å². The molecule has 3 rings (SSSR count). The van der Waals surface area contributed by atoms with Gasteiger partial charge in [0.2, 0.25) is 0 Å². The standard InChI is InChI=1S/C36H51N7O9S/c1-39(2)10-9-37-36(52)31-8-7-28(20-38-31)19-30(53)18-27-5-3-26(4-6-27)17-29-21-42(24-34(48)49)14-13-40(22-32(44)45)11-12-41(23-33(46)47)15-16-43(29)25-35(50)51/h3-8,20,29H,9-19,21-25H2,1-2H3,(H,37,52)(H,44,45)(H,46,47)(H,48,49)(H,50,51). The van der Waals surface area contributed by atoms with Crippen molar-refractivity contribution in [1.82, 2.24) is 34.8 Å². The zero-order chi connectivity index (χ0) is 38.9. The number of benzene rings is 1. The molecule has 1 amide bonds. The van der Waals surface area contributed by atoms with Gasteiger partial charge in [-0.1, -0.05) is 42.5 Å². The molecule has 2 aromatic rings. The number of nitrogens with one attached hydrogen (secondary N) is 1. The number of amides is 1. The van der Waals surface area contributed by atoms with Crippen LogP contribution in [0.15, 0.2) is 42.6 Å². The van der Waals surface area contributed by atoms with Gasteiger partial charge in [-0.2, -0.15) is 0 Å². The van der Waals surface area contributed by atoms with Gasteiger partial charge in [-0.3, -0.25) is 48.6 Å². The monoisotopic (exact) mass is 757 g/mol. The fraction of sp³-hybridized carbons (Fsp3) is 0.528. The number of rotatable bonds is 18. The van der Waals surface area contributed by atoms with Gasteiger partial charge in [-0.25, -0.2) is 0 Å². The maximum atomic E-state index is 12.3. The van der Waals surface area contributed by atoms with Crippen LogP contribution in [0.2, 0.25) is 0 Å². The first kappa shape index (κ1) is 43.0. The molecule has 5 N–H and O–H groups in total. The molecule has 0 radical (unpaired) electrons. The summed E-state index contributed by atoms with van der Waals surface area (Å²) in [5.41, 5.74) is 3.08. The number of aliphatic carboxylic acids is 4. The second-order valence-electron chi connectivity index (χ2n) is 13.5. The van der Waals surface area contributed by atoms with E-state index in [0.29, 0.717) is 31.5 Å². The van der Waals surface area contributed by atoms with Crippen molar-refractivity contribution in [3.05, 3.63) is 65.0 Å². The molecule has 290 valence electrons. The van der Waals surface area contributed by atoms with Crippen molar-refractivity contribution in [3.63, 3.8) is 0 Å². The van der Waals surface area contributed by atoms with Gasteiger partial charge in [0.25, 0.3) is 5.91 Å². The van der Waals surface area contributed by atoms with Gasteiger partial charge in [-0.05, 0) is 43.3 Å². The summed E-state index contributed by atoms with van der Waals surface area (Å²) < 4.78 is 0. The van der Waals surface area contributed by atoms with Crippen LogP contribution >= 0.6 is 12.2 Å². The lowest BCUT2D eigenvalue weighted by molar-refractivity contribution is -0.142. The molecule has 1 aliphatic heterocycles. The minimum absolute atomic E-state index is 0.190. The number of nitrogens with zero attached hydrogens (tertiary/aromatic N) is 6. The van der Waals surface area contributed by atoms with Crippen molar-refractivity contribution in [2.75, 3.05) is 99.2 Å². The van der Waals surface area contributed by atoms with Gasteiger partial charge < -0.3 is 30.6 Å². The highest BCUT2D eigenvalue weighted by atomic mass is 32.1. The number of carbonyl (C=O) groups excluding carboxylic acids is 1. The summed E-state index contributed by atoms with van der Waals surface area (Å²) in [6, 6.07) is 10.8. The quantitative estimate of drug-likeness (QED) is 0.127. The second-order valence-corrected chi connectivity index (χ2v) is 14.1. The summed E-state index contributed by atoms with van der Waals surface area (Å²) in [5, 5.41) is 41.3. The predicted octanol–water partition coefficient (Wildman–Crippen LogP) is -0.000800. The molecular weight excluding hydrogens is 707 g/mol. The summed E-state index contributed by atoms with van der Waals surface area (Å²) >= 11 is 5.69.